The van der Waals surface area contributed by atoms with E-state index in [2.05, 4.69) is 55.4 Å². The molecule has 11 aliphatic rings. The number of phenolic OH excluding ortho intramolecular Hbond substituents is 1. The zero-order chi connectivity index (χ0) is 87.2. The number of rotatable bonds is 24. The number of phenols is 1. The molecule has 6 bridgehead atoms. The molecule has 12 rings (SSSR count). The molecule has 2 N–H and O–H groups in total. The number of fused-ring (bicyclic) bond motifs is 1. The molecule has 2 saturated heterocycles. The summed E-state index contributed by atoms with van der Waals surface area (Å²) in [6.07, 6.45) is 25.5. The van der Waals surface area contributed by atoms with E-state index in [4.69, 9.17) is 47.2 Å². The van der Waals surface area contributed by atoms with E-state index in [9.17, 15) is 51.9 Å². The Balaban J connectivity index is 0.000000242. The molecule has 660 valence electrons. The average molecular weight is 1640 g/mol. The van der Waals surface area contributed by atoms with Gasteiger partial charge in [0.1, 0.15) is 40.4 Å². The van der Waals surface area contributed by atoms with Crippen LogP contribution in [0.5, 0.6) is 5.75 Å². The van der Waals surface area contributed by atoms with Gasteiger partial charge in [-0.1, -0.05) is 109 Å². The van der Waals surface area contributed by atoms with E-state index in [1.54, 1.807) is 39.8 Å². The van der Waals surface area contributed by atoms with Crippen LogP contribution in [-0.2, 0) is 90.6 Å². The molecule has 9 unspecified atom stereocenters. The van der Waals surface area contributed by atoms with E-state index < -0.39 is 80.0 Å². The number of hydrogen-bond acceptors (Lipinski definition) is 21. The third kappa shape index (κ3) is 26.1. The lowest BCUT2D eigenvalue weighted by molar-refractivity contribution is -0.225. The molecule has 2 heterocycles. The summed E-state index contributed by atoms with van der Waals surface area (Å²) >= 11 is 0. The molecule has 11 fully saturated rings. The third-order valence-electron chi connectivity index (χ3n) is 28.5. The van der Waals surface area contributed by atoms with E-state index in [1.807, 2.05) is 109 Å². The number of esters is 8. The zero-order valence-electron chi connectivity index (χ0n) is 76.1. The highest BCUT2D eigenvalue weighted by Crippen LogP contribution is 2.60. The first-order valence-electron chi connectivity index (χ1n) is 44.2. The molecular weight excluding hydrogens is 1490 g/mol. The van der Waals surface area contributed by atoms with Gasteiger partial charge in [-0.25, -0.2) is 9.59 Å². The van der Waals surface area contributed by atoms with E-state index in [0.29, 0.717) is 74.6 Å². The molecule has 2 aliphatic heterocycles. The average Bonchev–Trinajstić information content (AvgIpc) is 1.60. The first-order valence-corrected chi connectivity index (χ1v) is 45.7. The fourth-order valence-corrected chi connectivity index (χ4v) is 19.0. The van der Waals surface area contributed by atoms with Gasteiger partial charge in [0, 0.05) is 30.1 Å². The van der Waals surface area contributed by atoms with Crippen LogP contribution in [0.1, 0.15) is 378 Å². The second-order valence-corrected chi connectivity index (χ2v) is 42.5. The van der Waals surface area contributed by atoms with Crippen LogP contribution in [0.25, 0.3) is 0 Å². The minimum absolute atomic E-state index is 0.0130. The fraction of sp³-hybridized carbons (Fsp3) is 0.849. The van der Waals surface area contributed by atoms with Crippen molar-refractivity contribution in [1.82, 2.24) is 0 Å². The number of benzene rings is 1. The van der Waals surface area contributed by atoms with Crippen LogP contribution in [0.4, 0.5) is 0 Å². The number of carbonyl (C=O) groups excluding carboxylic acids is 8. The number of aromatic hydroxyl groups is 1. The molecule has 9 saturated carbocycles. The number of cyclic esters (lactones) is 1. The number of carbonyl (C=O) groups is 8. The Morgan fingerprint density at radius 3 is 1.42 bits per heavy atom. The van der Waals surface area contributed by atoms with E-state index in [1.165, 1.54) is 50.5 Å². The minimum Gasteiger partial charge on any atom is -0.508 e. The van der Waals surface area contributed by atoms with Crippen LogP contribution in [-0.4, -0.2) is 131 Å². The monoisotopic (exact) mass is 1640 g/mol. The molecule has 9 aliphatic carbocycles. The highest BCUT2D eigenvalue weighted by Gasteiger charge is 2.66. The smallest absolute Gasteiger partial charge is 0.347 e. The lowest BCUT2D eigenvalue weighted by Gasteiger charge is -2.59. The summed E-state index contributed by atoms with van der Waals surface area (Å²) in [7, 11) is -3.53. The normalized spacial score (nSPS) is 27.1. The Kier molecular flexibility index (Phi) is 35.2. The Labute approximate surface area is 693 Å². The van der Waals surface area contributed by atoms with Crippen molar-refractivity contribution in [3.8, 4) is 5.75 Å². The number of ether oxygens (including phenoxy) is 8. The highest BCUT2D eigenvalue weighted by molar-refractivity contribution is 7.87. The quantitative estimate of drug-likeness (QED) is 0.0552. The van der Waals surface area contributed by atoms with Gasteiger partial charge < -0.3 is 48.1 Å². The molecule has 0 amide bonds. The van der Waals surface area contributed by atoms with E-state index >= 15 is 0 Å². The summed E-state index contributed by atoms with van der Waals surface area (Å²) in [5.74, 6) is 0.387. The van der Waals surface area contributed by atoms with Crippen LogP contribution in [0.15, 0.2) is 24.3 Å². The summed E-state index contributed by atoms with van der Waals surface area (Å²) in [5.41, 5.74) is -2.76. The number of hydrogen-bond donors (Lipinski definition) is 2. The Hall–Kier alpha value is -5.35. The maximum atomic E-state index is 12.4. The van der Waals surface area contributed by atoms with Gasteiger partial charge in [-0.05, 0) is 298 Å². The second kappa shape index (κ2) is 40.3. The molecule has 0 radical (unpaired) electrons. The van der Waals surface area contributed by atoms with Gasteiger partial charge in [0.2, 0.25) is 6.10 Å². The zero-order valence-corrected chi connectivity index (χ0v) is 76.9. The standard InChI is InChI=1S/C16H26O3.C15H22O7S.C15H28O2.C14H26O2.C13H24O2.C10H16O4.C10H14O/c1-4-14(2,3)13(17)19-16-8-11-5-12(9-16)7-15(18,6-11)10-16;1-4-15(2,3)14(17)20-7-11(16)21-12-8-5-9-10(6-8)23(18,19)22-13(9)12;1-7-14(5,6)12(16)17-15(13(2,3)4)10-8-9-11-15;1-6-13(4,5)12(15)16-14(11(2)3)9-7-8-10-14;1-5-12(3,4)11(14)15-13(6-2)9-7-8-10-13;1-4-10(2,3)9(12)14-7-5-6-13-8(7)11;1-3-8(2)9-4-6-10(11)7-5-9/h11-12,18H,4-10H2,1-3H3;8-10,12-13H,4-7H2,1-3H3;7-11H2,1-6H3;11H,6-10H2,1-5H3;5-10H2,1-4H3;7H,4-6H2,1-3H3;4-8,11H,3H2,1-2H3. The highest BCUT2D eigenvalue weighted by atomic mass is 32.2. The van der Waals surface area contributed by atoms with Crippen molar-refractivity contribution in [2.45, 2.75) is 424 Å². The van der Waals surface area contributed by atoms with Crippen molar-refractivity contribution in [3.05, 3.63) is 29.8 Å². The summed E-state index contributed by atoms with van der Waals surface area (Å²) < 4.78 is 72.5. The van der Waals surface area contributed by atoms with Crippen LogP contribution >= 0.6 is 0 Å². The van der Waals surface area contributed by atoms with Crippen molar-refractivity contribution in [2.24, 2.45) is 67.5 Å². The van der Waals surface area contributed by atoms with Crippen molar-refractivity contribution in [3.63, 3.8) is 0 Å². The lowest BCUT2D eigenvalue weighted by Crippen LogP contribution is -2.61. The van der Waals surface area contributed by atoms with Crippen molar-refractivity contribution >= 4 is 57.9 Å². The molecule has 0 spiro atoms. The SMILES string of the molecule is CCC(C)(C)C(=O)OC1(C(C)(C)C)CCCC1.CCC(C)(C)C(=O)OC1(C(C)C)CCCC1.CCC(C)(C)C(=O)OC12CC3CC(CC(O)(C3)C1)C2.CCC(C)(C)C(=O)OC1CCOC1=O.CCC(C)(C)C(=O)OCC(=O)OC1C2CC3C1OS(=O)(=O)C3C2.CCC(C)c1ccc(O)cc1.CCC1(OC(=O)C(C)(C)CC)CCCC1. The van der Waals surface area contributed by atoms with Crippen molar-refractivity contribution < 1.29 is 99.1 Å². The van der Waals surface area contributed by atoms with Gasteiger partial charge in [0.25, 0.3) is 10.1 Å². The molecular formula is C93H156O21S. The first kappa shape index (κ1) is 100. The molecule has 9 atom stereocenters. The summed E-state index contributed by atoms with van der Waals surface area (Å²) in [6.45, 7) is 52.0. The largest absolute Gasteiger partial charge is 0.508 e. The predicted molar refractivity (Wildman–Crippen MR) is 446 cm³/mol. The predicted octanol–water partition coefficient (Wildman–Crippen LogP) is 20.2. The van der Waals surface area contributed by atoms with E-state index in [0.717, 1.165) is 103 Å². The van der Waals surface area contributed by atoms with Gasteiger partial charge in [0.05, 0.1) is 49.9 Å². The van der Waals surface area contributed by atoms with Gasteiger partial charge in [0.15, 0.2) is 6.61 Å². The summed E-state index contributed by atoms with van der Waals surface area (Å²) in [5, 5.41) is 19.2. The molecule has 1 aromatic rings. The van der Waals surface area contributed by atoms with Gasteiger partial charge in [-0.15, -0.1) is 0 Å². The van der Waals surface area contributed by atoms with Gasteiger partial charge >= 0.3 is 47.8 Å². The van der Waals surface area contributed by atoms with Crippen LogP contribution in [0.3, 0.4) is 0 Å². The van der Waals surface area contributed by atoms with Crippen LogP contribution in [0, 0.1) is 67.5 Å². The van der Waals surface area contributed by atoms with Crippen molar-refractivity contribution in [2.75, 3.05) is 13.2 Å². The van der Waals surface area contributed by atoms with Crippen LogP contribution in [0.2, 0.25) is 0 Å². The molecule has 0 aromatic heterocycles. The molecule has 22 heteroatoms. The summed E-state index contributed by atoms with van der Waals surface area (Å²) in [4.78, 5) is 95.2. The first-order chi connectivity index (χ1) is 53.1. The maximum absolute atomic E-state index is 12.4. The molecule has 21 nitrogen and oxygen atoms in total. The topological polar surface area (TPSA) is 294 Å². The van der Waals surface area contributed by atoms with Crippen LogP contribution < -0.4 is 0 Å². The third-order valence-corrected chi connectivity index (χ3v) is 30.2. The Bertz CT molecular complexity index is 3470. The van der Waals surface area contributed by atoms with Gasteiger partial charge in [-0.3, -0.25) is 33.0 Å². The lowest BCUT2D eigenvalue weighted by atomic mass is 9.52. The minimum atomic E-state index is -3.53. The van der Waals surface area contributed by atoms with Gasteiger partial charge in [-0.2, -0.15) is 8.42 Å². The summed E-state index contributed by atoms with van der Waals surface area (Å²) in [6, 6.07) is 7.43. The number of aliphatic hydroxyl groups is 1. The molecule has 115 heavy (non-hydrogen) atoms. The Morgan fingerprint density at radius 1 is 0.539 bits per heavy atom. The Morgan fingerprint density at radius 2 is 0.983 bits per heavy atom. The van der Waals surface area contributed by atoms with Crippen molar-refractivity contribution in [1.29, 1.82) is 0 Å². The maximum Gasteiger partial charge on any atom is 0.347 e. The van der Waals surface area contributed by atoms with E-state index in [-0.39, 0.29) is 85.7 Å². The molecule has 1 aromatic carbocycles. The fourth-order valence-electron chi connectivity index (χ4n) is 17.2. The second-order valence-electron chi connectivity index (χ2n) is 40.7.